The highest BCUT2D eigenvalue weighted by Crippen LogP contribution is 2.23. The van der Waals surface area contributed by atoms with Crippen molar-refractivity contribution in [1.29, 1.82) is 0 Å². The molecule has 100 valence electrons. The number of carbonyl (C=O) groups is 1. The lowest BCUT2D eigenvalue weighted by atomic mass is 10.0. The minimum Gasteiger partial charge on any atom is -0.468 e. The van der Waals surface area contributed by atoms with Crippen LogP contribution in [0.25, 0.3) is 11.3 Å². The second-order valence-electron chi connectivity index (χ2n) is 4.11. The smallest absolute Gasteiger partial charge is 0.322 e. The van der Waals surface area contributed by atoms with Gasteiger partial charge in [0.15, 0.2) is 0 Å². The molecule has 2 rings (SSSR count). The molecule has 0 saturated heterocycles. The number of benzene rings is 1. The molecule has 1 heterocycles. The molecule has 0 radical (unpaired) electrons. The number of halogens is 1. The number of H-pyrrole nitrogens is 1. The van der Waals surface area contributed by atoms with Crippen LogP contribution in [0, 0.1) is 0 Å². The van der Waals surface area contributed by atoms with E-state index < -0.39 is 12.0 Å². The van der Waals surface area contributed by atoms with Gasteiger partial charge in [-0.05, 0) is 23.3 Å². The highest BCUT2D eigenvalue weighted by molar-refractivity contribution is 9.10. The van der Waals surface area contributed by atoms with Crippen molar-refractivity contribution in [2.45, 2.75) is 12.5 Å². The van der Waals surface area contributed by atoms with E-state index in [1.807, 2.05) is 24.3 Å². The van der Waals surface area contributed by atoms with Crippen LogP contribution in [0.1, 0.15) is 5.56 Å². The summed E-state index contributed by atoms with van der Waals surface area (Å²) in [7, 11) is 1.33. The zero-order valence-electron chi connectivity index (χ0n) is 10.4. The second kappa shape index (κ2) is 5.99. The van der Waals surface area contributed by atoms with Crippen molar-refractivity contribution < 1.29 is 9.53 Å². The molecule has 0 aliphatic carbocycles. The van der Waals surface area contributed by atoms with Crippen molar-refractivity contribution in [3.05, 3.63) is 40.5 Å². The summed E-state index contributed by atoms with van der Waals surface area (Å²) < 4.78 is 5.62. The third-order valence-corrected chi connectivity index (χ3v) is 3.32. The van der Waals surface area contributed by atoms with Crippen LogP contribution < -0.4 is 5.73 Å². The highest BCUT2D eigenvalue weighted by Gasteiger charge is 2.17. The van der Waals surface area contributed by atoms with Gasteiger partial charge in [-0.2, -0.15) is 5.10 Å². The van der Waals surface area contributed by atoms with Crippen LogP contribution in [0.5, 0.6) is 0 Å². The van der Waals surface area contributed by atoms with E-state index in [9.17, 15) is 4.79 Å². The number of hydrogen-bond donors (Lipinski definition) is 2. The van der Waals surface area contributed by atoms with Gasteiger partial charge in [0, 0.05) is 10.9 Å². The number of methoxy groups -OCH3 is 1. The van der Waals surface area contributed by atoms with Gasteiger partial charge >= 0.3 is 5.97 Å². The fraction of sp³-hybridized carbons (Fsp3) is 0.231. The van der Waals surface area contributed by atoms with Crippen LogP contribution in [0.3, 0.4) is 0 Å². The van der Waals surface area contributed by atoms with Gasteiger partial charge in [-0.1, -0.05) is 28.1 Å². The van der Waals surface area contributed by atoms with Gasteiger partial charge < -0.3 is 10.5 Å². The maximum absolute atomic E-state index is 11.3. The summed E-state index contributed by atoms with van der Waals surface area (Å²) in [6, 6.07) is 7.13. The maximum atomic E-state index is 11.3. The Morgan fingerprint density at radius 2 is 2.16 bits per heavy atom. The van der Waals surface area contributed by atoms with Crippen molar-refractivity contribution in [3.8, 4) is 11.3 Å². The lowest BCUT2D eigenvalue weighted by Crippen LogP contribution is -2.33. The normalized spacial score (nSPS) is 12.2. The van der Waals surface area contributed by atoms with Gasteiger partial charge in [0.1, 0.15) is 6.04 Å². The number of rotatable bonds is 4. The lowest BCUT2D eigenvalue weighted by Gasteiger charge is -2.09. The Labute approximate surface area is 119 Å². The Kier molecular flexibility index (Phi) is 4.34. The molecule has 0 fully saturated rings. The fourth-order valence-corrected chi connectivity index (χ4v) is 2.07. The molecule has 0 bridgehead atoms. The molecule has 1 aromatic carbocycles. The molecule has 0 saturated carbocycles. The second-order valence-corrected chi connectivity index (χ2v) is 5.03. The minimum atomic E-state index is -0.684. The predicted octanol–water partition coefficient (Wildman–Crippen LogP) is 1.88. The van der Waals surface area contributed by atoms with Crippen molar-refractivity contribution >= 4 is 21.9 Å². The van der Waals surface area contributed by atoms with Crippen molar-refractivity contribution in [1.82, 2.24) is 10.2 Å². The molecule has 0 amide bonds. The van der Waals surface area contributed by atoms with Gasteiger partial charge in [0.05, 0.1) is 19.0 Å². The SMILES string of the molecule is COC(=O)C(N)Cc1cn[nH]c1-c1ccc(Br)cc1. The van der Waals surface area contributed by atoms with Crippen LogP contribution in [0.2, 0.25) is 0 Å². The first kappa shape index (κ1) is 13.8. The van der Waals surface area contributed by atoms with E-state index in [1.54, 1.807) is 6.20 Å². The number of carbonyl (C=O) groups excluding carboxylic acids is 1. The molecule has 5 nitrogen and oxygen atoms in total. The zero-order chi connectivity index (χ0) is 13.8. The molecule has 1 atom stereocenters. The summed E-state index contributed by atoms with van der Waals surface area (Å²) in [5.41, 5.74) is 8.52. The summed E-state index contributed by atoms with van der Waals surface area (Å²) in [4.78, 5) is 11.3. The van der Waals surface area contributed by atoms with Crippen molar-refractivity contribution in [2.24, 2.45) is 5.73 Å². The molecular formula is C13H14BrN3O2. The van der Waals surface area contributed by atoms with Crippen molar-refractivity contribution in [3.63, 3.8) is 0 Å². The summed E-state index contributed by atoms with van der Waals surface area (Å²) in [5, 5.41) is 6.95. The molecular weight excluding hydrogens is 310 g/mol. The third-order valence-electron chi connectivity index (χ3n) is 2.79. The number of aromatic amines is 1. The number of aromatic nitrogens is 2. The molecule has 1 unspecified atom stereocenters. The van der Waals surface area contributed by atoms with Crippen molar-refractivity contribution in [2.75, 3.05) is 7.11 Å². The summed E-state index contributed by atoms with van der Waals surface area (Å²) in [6.07, 6.45) is 2.06. The number of nitrogens with one attached hydrogen (secondary N) is 1. The molecule has 0 spiro atoms. The molecule has 0 aliphatic heterocycles. The fourth-order valence-electron chi connectivity index (χ4n) is 1.80. The number of esters is 1. The van der Waals surface area contributed by atoms with Crippen LogP contribution in [-0.4, -0.2) is 29.3 Å². The Bertz CT molecular complexity index is 566. The van der Waals surface area contributed by atoms with Gasteiger partial charge in [0.2, 0.25) is 0 Å². The quantitative estimate of drug-likeness (QED) is 0.842. The van der Waals surface area contributed by atoms with E-state index in [4.69, 9.17) is 5.73 Å². The molecule has 19 heavy (non-hydrogen) atoms. The average molecular weight is 324 g/mol. The number of hydrogen-bond acceptors (Lipinski definition) is 4. The Morgan fingerprint density at radius 3 is 2.79 bits per heavy atom. The maximum Gasteiger partial charge on any atom is 0.322 e. The first-order chi connectivity index (χ1) is 9.11. The first-order valence-electron chi connectivity index (χ1n) is 5.73. The predicted molar refractivity (Wildman–Crippen MR) is 75.4 cm³/mol. The van der Waals surface area contributed by atoms with Crippen LogP contribution in [0.15, 0.2) is 34.9 Å². The molecule has 1 aromatic heterocycles. The van der Waals surface area contributed by atoms with E-state index in [0.29, 0.717) is 6.42 Å². The van der Waals surface area contributed by atoms with Gasteiger partial charge in [0.25, 0.3) is 0 Å². The monoisotopic (exact) mass is 323 g/mol. The molecule has 3 N–H and O–H groups in total. The largest absolute Gasteiger partial charge is 0.468 e. The van der Waals surface area contributed by atoms with Crippen LogP contribution in [0.4, 0.5) is 0 Å². The van der Waals surface area contributed by atoms with Crippen LogP contribution >= 0.6 is 15.9 Å². The Balaban J connectivity index is 2.22. The van der Waals surface area contributed by atoms with E-state index in [1.165, 1.54) is 7.11 Å². The lowest BCUT2D eigenvalue weighted by molar-refractivity contribution is -0.142. The molecule has 2 aromatic rings. The van der Waals surface area contributed by atoms with E-state index in [0.717, 1.165) is 21.3 Å². The van der Waals surface area contributed by atoms with Gasteiger partial charge in [-0.15, -0.1) is 0 Å². The average Bonchev–Trinajstić information content (AvgIpc) is 2.86. The van der Waals surface area contributed by atoms with E-state index >= 15 is 0 Å². The van der Waals surface area contributed by atoms with Gasteiger partial charge in [-0.25, -0.2) is 0 Å². The molecule has 0 aliphatic rings. The Hall–Kier alpha value is -1.66. The third kappa shape index (κ3) is 3.21. The van der Waals surface area contributed by atoms with Crippen LogP contribution in [-0.2, 0) is 16.0 Å². The first-order valence-corrected chi connectivity index (χ1v) is 6.52. The standard InChI is InChI=1S/C13H14BrN3O2/c1-19-13(18)11(15)6-9-7-16-17-12(9)8-2-4-10(14)5-3-8/h2-5,7,11H,6,15H2,1H3,(H,16,17). The number of nitrogens with zero attached hydrogens (tertiary/aromatic N) is 1. The Morgan fingerprint density at radius 1 is 1.47 bits per heavy atom. The minimum absolute atomic E-state index is 0.384. The van der Waals surface area contributed by atoms with Gasteiger partial charge in [-0.3, -0.25) is 9.89 Å². The molecule has 6 heteroatoms. The summed E-state index contributed by atoms with van der Waals surface area (Å²) >= 11 is 3.39. The topological polar surface area (TPSA) is 81.0 Å². The number of ether oxygens (including phenoxy) is 1. The zero-order valence-corrected chi connectivity index (χ0v) is 12.0. The summed E-state index contributed by atoms with van der Waals surface area (Å²) in [6.45, 7) is 0. The highest BCUT2D eigenvalue weighted by atomic mass is 79.9. The van der Waals surface area contributed by atoms with E-state index in [2.05, 4.69) is 30.9 Å². The van der Waals surface area contributed by atoms with E-state index in [-0.39, 0.29) is 0 Å². The number of nitrogens with two attached hydrogens (primary N) is 1. The summed E-state index contributed by atoms with van der Waals surface area (Å²) in [5.74, 6) is -0.428.